The van der Waals surface area contributed by atoms with E-state index in [0.29, 0.717) is 42.3 Å². The van der Waals surface area contributed by atoms with Gasteiger partial charge in [0.05, 0.1) is 11.3 Å². The lowest BCUT2D eigenvalue weighted by molar-refractivity contribution is 0.0875. The van der Waals surface area contributed by atoms with Gasteiger partial charge in [-0.3, -0.25) is 9.91 Å². The largest absolute Gasteiger partial charge is 0.383 e. The molecule has 0 amide bonds. The van der Waals surface area contributed by atoms with Gasteiger partial charge in [0.2, 0.25) is 6.43 Å². The lowest BCUT2D eigenvalue weighted by Gasteiger charge is -2.42. The minimum Gasteiger partial charge on any atom is -0.383 e. The number of nitrogen functional groups attached to an aromatic ring is 1. The molecule has 2 aliphatic rings. The molecule has 3 rings (SSSR count). The van der Waals surface area contributed by atoms with Gasteiger partial charge < -0.3 is 16.0 Å². The number of halogens is 3. The molecule has 1 saturated carbocycles. The summed E-state index contributed by atoms with van der Waals surface area (Å²) in [6, 6.07) is 0.986. The van der Waals surface area contributed by atoms with Crippen molar-refractivity contribution in [1.82, 2.24) is 25.1 Å². The van der Waals surface area contributed by atoms with E-state index in [0.717, 1.165) is 42.0 Å². The highest BCUT2D eigenvalue weighted by Gasteiger charge is 2.30. The number of hydrazine groups is 1. The zero-order valence-electron chi connectivity index (χ0n) is 29.2. The fourth-order valence-electron chi connectivity index (χ4n) is 4.99. The smallest absolute Gasteiger partial charge is 0.235 e. The van der Waals surface area contributed by atoms with Gasteiger partial charge in [-0.1, -0.05) is 66.3 Å². The summed E-state index contributed by atoms with van der Waals surface area (Å²) in [4.78, 5) is 13.4. The van der Waals surface area contributed by atoms with E-state index >= 15 is 0 Å². The molecule has 0 bridgehead atoms. The first-order valence-electron chi connectivity index (χ1n) is 16.2. The van der Waals surface area contributed by atoms with Gasteiger partial charge in [0, 0.05) is 44.8 Å². The average Bonchev–Trinajstić information content (AvgIpc) is 3.05. The molecule has 1 aliphatic carbocycles. The van der Waals surface area contributed by atoms with E-state index in [1.54, 1.807) is 17.2 Å². The molecule has 1 aromatic rings. The SMILES string of the molecule is C=C(C)/C=C\C(C)=C/CNC(/C=C\C(C)=C/C)=C\F.C=Cc1c(N)ncnc1N(N)C1CCC(N2CCN(C)CC2)CC1.CC(F)F. The van der Waals surface area contributed by atoms with Gasteiger partial charge in [-0.2, -0.15) is 0 Å². The maximum Gasteiger partial charge on any atom is 0.235 e. The molecule has 2 fully saturated rings. The summed E-state index contributed by atoms with van der Waals surface area (Å²) in [7, 11) is 2.20. The van der Waals surface area contributed by atoms with E-state index in [4.69, 9.17) is 11.6 Å². The standard InChI is InChI=1S/C17H24FN.C17H29N7.C2H4F2/c1-6-15(4)9-10-17(13-18)19-12-11-16(5)8-7-14(2)3;1-3-15-16(18)20-12-21-17(15)24(19)14-6-4-13(5-7-14)23-10-8-22(2)9-11-23;1-2(3)4/h6-11,13,19H,2,12H2,1,3-5H3;3,12-14H,1,4-11,19H2,2H3,(H2,18,20,21);2H,1H3/b8-7-,10-9-,15-6-,16-11-,17-13-;;. The first-order chi connectivity index (χ1) is 22.3. The molecule has 0 radical (unpaired) electrons. The Balaban J connectivity index is 0.000000433. The lowest BCUT2D eigenvalue weighted by Crippen LogP contribution is -2.52. The Morgan fingerprint density at radius 3 is 2.17 bits per heavy atom. The maximum atomic E-state index is 12.6. The summed E-state index contributed by atoms with van der Waals surface area (Å²) < 4.78 is 33.3. The topological polar surface area (TPSA) is 99.6 Å². The molecule has 1 aliphatic heterocycles. The quantitative estimate of drug-likeness (QED) is 0.131. The molecule has 0 aromatic carbocycles. The van der Waals surface area contributed by atoms with E-state index in [9.17, 15) is 13.2 Å². The van der Waals surface area contributed by atoms with Crippen molar-refractivity contribution in [1.29, 1.82) is 0 Å². The third-order valence-corrected chi connectivity index (χ3v) is 7.92. The van der Waals surface area contributed by atoms with Crippen molar-refractivity contribution in [3.8, 4) is 0 Å². The van der Waals surface area contributed by atoms with Gasteiger partial charge in [-0.25, -0.2) is 29.0 Å². The van der Waals surface area contributed by atoms with Crippen molar-refractivity contribution in [3.05, 3.63) is 90.3 Å². The third kappa shape index (κ3) is 16.6. The molecular formula is C36H57F3N8. The van der Waals surface area contributed by atoms with Crippen LogP contribution in [-0.2, 0) is 0 Å². The highest BCUT2D eigenvalue weighted by Crippen LogP contribution is 2.30. The Morgan fingerprint density at radius 2 is 1.64 bits per heavy atom. The fourth-order valence-corrected chi connectivity index (χ4v) is 4.99. The van der Waals surface area contributed by atoms with Gasteiger partial charge in [-0.15, -0.1) is 0 Å². The van der Waals surface area contributed by atoms with Crippen molar-refractivity contribution in [3.63, 3.8) is 0 Å². The Bertz CT molecular complexity index is 1240. The summed E-state index contributed by atoms with van der Waals surface area (Å²) in [6.07, 6.45) is 17.6. The molecule has 0 atom stereocenters. The van der Waals surface area contributed by atoms with Gasteiger partial charge in [0.1, 0.15) is 18.5 Å². The number of allylic oxidation sites excluding steroid dienone is 8. The van der Waals surface area contributed by atoms with Crippen molar-refractivity contribution in [2.24, 2.45) is 5.84 Å². The van der Waals surface area contributed by atoms with E-state index in [2.05, 4.69) is 45.3 Å². The molecule has 47 heavy (non-hydrogen) atoms. The monoisotopic (exact) mass is 658 g/mol. The van der Waals surface area contributed by atoms with Crippen LogP contribution in [0.5, 0.6) is 0 Å². The van der Waals surface area contributed by atoms with Crippen LogP contribution < -0.4 is 21.9 Å². The first kappa shape index (κ1) is 41.4. The van der Waals surface area contributed by atoms with Crippen LogP contribution in [0.4, 0.5) is 24.8 Å². The van der Waals surface area contributed by atoms with Gasteiger partial charge in [-0.05, 0) is 73.4 Å². The van der Waals surface area contributed by atoms with E-state index < -0.39 is 6.43 Å². The number of hydrogen-bond donors (Lipinski definition) is 3. The summed E-state index contributed by atoms with van der Waals surface area (Å²) in [5.41, 5.74) is 10.3. The summed E-state index contributed by atoms with van der Waals surface area (Å²) in [5, 5.41) is 4.78. The number of alkyl halides is 2. The van der Waals surface area contributed by atoms with Gasteiger partial charge in [0.15, 0.2) is 5.82 Å². The number of piperazine rings is 1. The minimum atomic E-state index is -2.17. The van der Waals surface area contributed by atoms with Crippen LogP contribution in [0, 0.1) is 0 Å². The predicted octanol–water partition coefficient (Wildman–Crippen LogP) is 7.20. The second-order valence-electron chi connectivity index (χ2n) is 11.9. The Kier molecular flexibility index (Phi) is 20.0. The highest BCUT2D eigenvalue weighted by molar-refractivity contribution is 5.71. The maximum absolute atomic E-state index is 12.6. The van der Waals surface area contributed by atoms with Gasteiger partial charge in [0.25, 0.3) is 0 Å². The second kappa shape index (κ2) is 22.8. The third-order valence-electron chi connectivity index (χ3n) is 7.92. The van der Waals surface area contributed by atoms with Crippen LogP contribution in [0.1, 0.15) is 65.9 Å². The minimum absolute atomic E-state index is 0.293. The molecule has 11 heteroatoms. The molecule has 262 valence electrons. The number of hydrogen-bond acceptors (Lipinski definition) is 8. The van der Waals surface area contributed by atoms with Crippen LogP contribution in [0.3, 0.4) is 0 Å². The highest BCUT2D eigenvalue weighted by atomic mass is 19.3. The second-order valence-corrected chi connectivity index (χ2v) is 11.9. The number of nitrogens with one attached hydrogen (secondary N) is 1. The first-order valence-corrected chi connectivity index (χ1v) is 16.2. The number of nitrogens with zero attached hydrogens (tertiary/aromatic N) is 5. The fraction of sp³-hybridized carbons (Fsp3) is 0.500. The van der Waals surface area contributed by atoms with E-state index in [1.807, 2.05) is 58.1 Å². The Hall–Kier alpha value is -3.67. The van der Waals surface area contributed by atoms with E-state index in [-0.39, 0.29) is 0 Å². The summed E-state index contributed by atoms with van der Waals surface area (Å²) in [5.74, 6) is 7.48. The van der Waals surface area contributed by atoms with Crippen molar-refractivity contribution >= 4 is 17.7 Å². The summed E-state index contributed by atoms with van der Waals surface area (Å²) in [6.45, 7) is 21.6. The molecule has 2 heterocycles. The van der Waals surface area contributed by atoms with Crippen LogP contribution in [-0.4, -0.2) is 78.0 Å². The van der Waals surface area contributed by atoms with Crippen LogP contribution in [0.2, 0.25) is 0 Å². The number of rotatable bonds is 11. The lowest BCUT2D eigenvalue weighted by atomic mass is 9.89. The molecule has 0 spiro atoms. The molecule has 1 saturated heterocycles. The Labute approximate surface area is 281 Å². The number of nitrogens with two attached hydrogens (primary N) is 2. The number of aromatic nitrogens is 2. The zero-order valence-corrected chi connectivity index (χ0v) is 29.2. The molecule has 1 aromatic heterocycles. The molecule has 0 unspecified atom stereocenters. The van der Waals surface area contributed by atoms with Crippen LogP contribution >= 0.6 is 0 Å². The predicted molar refractivity (Wildman–Crippen MR) is 193 cm³/mol. The molecule has 8 nitrogen and oxygen atoms in total. The normalized spacial score (nSPS) is 20.0. The van der Waals surface area contributed by atoms with Crippen molar-refractivity contribution in [2.75, 3.05) is 50.5 Å². The van der Waals surface area contributed by atoms with Crippen molar-refractivity contribution < 1.29 is 13.2 Å². The number of anilines is 2. The summed E-state index contributed by atoms with van der Waals surface area (Å²) >= 11 is 0. The average molecular weight is 659 g/mol. The zero-order chi connectivity index (χ0) is 35.4. The van der Waals surface area contributed by atoms with Crippen LogP contribution in [0.15, 0.2) is 84.7 Å². The Morgan fingerprint density at radius 1 is 1.04 bits per heavy atom. The van der Waals surface area contributed by atoms with E-state index in [1.165, 1.54) is 45.3 Å². The van der Waals surface area contributed by atoms with Crippen LogP contribution in [0.25, 0.3) is 6.08 Å². The van der Waals surface area contributed by atoms with Gasteiger partial charge >= 0.3 is 0 Å². The molecular weight excluding hydrogens is 601 g/mol. The van der Waals surface area contributed by atoms with Crippen molar-refractivity contribution in [2.45, 2.75) is 78.8 Å². The number of likely N-dealkylation sites (N-methyl/N-ethyl adjacent to an activating group) is 1. The molecule has 5 N–H and O–H groups in total.